The Morgan fingerprint density at radius 2 is 1.86 bits per heavy atom. The summed E-state index contributed by atoms with van der Waals surface area (Å²) < 4.78 is 24.9. The summed E-state index contributed by atoms with van der Waals surface area (Å²) in [6.07, 6.45) is 3.16. The molecule has 2 aromatic heterocycles. The van der Waals surface area contributed by atoms with Crippen molar-refractivity contribution in [2.75, 3.05) is 24.7 Å². The van der Waals surface area contributed by atoms with Crippen molar-refractivity contribution < 1.29 is 13.2 Å². The third-order valence-electron chi connectivity index (χ3n) is 4.77. The van der Waals surface area contributed by atoms with Gasteiger partial charge in [-0.3, -0.25) is 4.79 Å². The predicted molar refractivity (Wildman–Crippen MR) is 114 cm³/mol. The monoisotopic (exact) mass is 449 g/mol. The first-order chi connectivity index (χ1) is 12.2. The van der Waals surface area contributed by atoms with E-state index < -0.39 is 20.5 Å². The number of carbonyl (C=O) groups excluding carboxylic acids is 1. The molecule has 2 N–H and O–H groups in total. The van der Waals surface area contributed by atoms with Gasteiger partial charge in [-0.2, -0.15) is 5.10 Å². The number of anilines is 1. The van der Waals surface area contributed by atoms with E-state index in [9.17, 15) is 13.2 Å². The summed E-state index contributed by atoms with van der Waals surface area (Å²) >= 11 is 0. The molecule has 1 fully saturated rings. The van der Waals surface area contributed by atoms with E-state index in [2.05, 4.69) is 20.7 Å². The van der Waals surface area contributed by atoms with E-state index in [0.29, 0.717) is 24.6 Å². The van der Waals surface area contributed by atoms with Crippen LogP contribution in [0.3, 0.4) is 0 Å². The summed E-state index contributed by atoms with van der Waals surface area (Å²) in [5.41, 5.74) is 2.31. The van der Waals surface area contributed by atoms with Gasteiger partial charge in [-0.25, -0.2) is 18.1 Å². The van der Waals surface area contributed by atoms with Crippen molar-refractivity contribution >= 4 is 46.2 Å². The summed E-state index contributed by atoms with van der Waals surface area (Å²) in [5.74, 6) is 0.135. The van der Waals surface area contributed by atoms with E-state index in [4.69, 9.17) is 0 Å². The quantitative estimate of drug-likeness (QED) is 0.737. The fraction of sp³-hybridized carbons (Fsp3) is 0.471. The molecule has 1 aliphatic heterocycles. The van der Waals surface area contributed by atoms with Crippen LogP contribution in [0.4, 0.5) is 5.69 Å². The SMILES string of the molecule is Cc1cc(C)n(-c2ccc(NC(=O)C3(S(C)(=O)=O)CCNCC3)cn2)n1.Cl.Cl. The standard InChI is InChI=1S/C17H23N5O3S.2ClH/c1-12-10-13(2)22(21-12)15-5-4-14(11-19-15)20-16(23)17(26(3,24)25)6-8-18-9-7-17;;/h4-5,10-11,18H,6-9H2,1-3H3,(H,20,23);2*1H. The molecule has 0 saturated carbocycles. The van der Waals surface area contributed by atoms with Crippen molar-refractivity contribution in [1.82, 2.24) is 20.1 Å². The van der Waals surface area contributed by atoms with E-state index in [0.717, 1.165) is 17.6 Å². The molecule has 0 aromatic carbocycles. The van der Waals surface area contributed by atoms with Crippen LogP contribution in [0.2, 0.25) is 0 Å². The minimum absolute atomic E-state index is 0. The number of hydrogen-bond donors (Lipinski definition) is 2. The second kappa shape index (κ2) is 9.21. The van der Waals surface area contributed by atoms with Crippen molar-refractivity contribution in [3.05, 3.63) is 35.8 Å². The number of carbonyl (C=O) groups is 1. The topological polar surface area (TPSA) is 106 Å². The Hall–Kier alpha value is -1.68. The highest BCUT2D eigenvalue weighted by atomic mass is 35.5. The molecule has 1 saturated heterocycles. The molecule has 3 heterocycles. The molecule has 0 bridgehead atoms. The highest BCUT2D eigenvalue weighted by Crippen LogP contribution is 2.29. The number of nitrogens with zero attached hydrogens (tertiary/aromatic N) is 3. The Balaban J connectivity index is 0.00000196. The molecule has 8 nitrogen and oxygen atoms in total. The molecule has 0 aliphatic carbocycles. The van der Waals surface area contributed by atoms with Crippen molar-refractivity contribution in [1.29, 1.82) is 0 Å². The van der Waals surface area contributed by atoms with E-state index >= 15 is 0 Å². The van der Waals surface area contributed by atoms with Gasteiger partial charge in [-0.05, 0) is 58.0 Å². The number of sulfone groups is 1. The number of hydrogen-bond acceptors (Lipinski definition) is 6. The van der Waals surface area contributed by atoms with Gasteiger partial charge in [-0.1, -0.05) is 0 Å². The smallest absolute Gasteiger partial charge is 0.245 e. The molecule has 1 amide bonds. The first-order valence-corrected chi connectivity index (χ1v) is 10.3. The molecular formula is C17H25Cl2N5O3S. The molecule has 2 aromatic rings. The number of halogens is 2. The molecule has 0 unspecified atom stereocenters. The molecule has 156 valence electrons. The number of rotatable bonds is 4. The molecule has 0 atom stereocenters. The van der Waals surface area contributed by atoms with Crippen LogP contribution in [0, 0.1) is 13.8 Å². The van der Waals surface area contributed by atoms with Gasteiger partial charge < -0.3 is 10.6 Å². The Morgan fingerprint density at radius 3 is 2.32 bits per heavy atom. The van der Waals surface area contributed by atoms with Crippen molar-refractivity contribution in [2.45, 2.75) is 31.4 Å². The predicted octanol–water partition coefficient (Wildman–Crippen LogP) is 1.83. The summed E-state index contributed by atoms with van der Waals surface area (Å²) in [6.45, 7) is 4.83. The maximum Gasteiger partial charge on any atom is 0.245 e. The Bertz CT molecular complexity index is 923. The number of pyridine rings is 1. The first kappa shape index (κ1) is 24.4. The molecule has 28 heavy (non-hydrogen) atoms. The summed E-state index contributed by atoms with van der Waals surface area (Å²) in [6, 6.07) is 5.39. The Morgan fingerprint density at radius 1 is 1.21 bits per heavy atom. The third kappa shape index (κ3) is 4.65. The second-order valence-corrected chi connectivity index (χ2v) is 9.04. The number of amides is 1. The van der Waals surface area contributed by atoms with Gasteiger partial charge in [0, 0.05) is 11.9 Å². The van der Waals surface area contributed by atoms with Gasteiger partial charge in [0.05, 0.1) is 17.6 Å². The van der Waals surface area contributed by atoms with E-state index in [-0.39, 0.29) is 37.7 Å². The number of nitrogens with one attached hydrogen (secondary N) is 2. The average molecular weight is 450 g/mol. The van der Waals surface area contributed by atoms with Crippen molar-refractivity contribution in [3.8, 4) is 5.82 Å². The van der Waals surface area contributed by atoms with Crippen LogP contribution in [0.15, 0.2) is 24.4 Å². The van der Waals surface area contributed by atoms with E-state index in [1.165, 1.54) is 6.20 Å². The fourth-order valence-electron chi connectivity index (χ4n) is 3.29. The van der Waals surface area contributed by atoms with Crippen LogP contribution in [0.5, 0.6) is 0 Å². The zero-order valence-corrected chi connectivity index (χ0v) is 18.4. The first-order valence-electron chi connectivity index (χ1n) is 8.44. The normalized spacial score (nSPS) is 15.8. The van der Waals surface area contributed by atoms with Crippen molar-refractivity contribution in [3.63, 3.8) is 0 Å². The van der Waals surface area contributed by atoms with E-state index in [1.807, 2.05) is 19.9 Å². The highest BCUT2D eigenvalue weighted by molar-refractivity contribution is 7.92. The number of aryl methyl sites for hydroxylation is 2. The van der Waals surface area contributed by atoms with Gasteiger partial charge in [-0.15, -0.1) is 24.8 Å². The van der Waals surface area contributed by atoms with E-state index in [1.54, 1.807) is 16.8 Å². The van der Waals surface area contributed by atoms with Crippen LogP contribution in [-0.4, -0.2) is 53.2 Å². The minimum Gasteiger partial charge on any atom is -0.323 e. The lowest BCUT2D eigenvalue weighted by Crippen LogP contribution is -2.55. The summed E-state index contributed by atoms with van der Waals surface area (Å²) in [4.78, 5) is 17.1. The van der Waals surface area contributed by atoms with Gasteiger partial charge in [0.15, 0.2) is 20.4 Å². The fourth-order valence-corrected chi connectivity index (χ4v) is 4.62. The lowest BCUT2D eigenvalue weighted by Gasteiger charge is -2.34. The molecular weight excluding hydrogens is 425 g/mol. The van der Waals surface area contributed by atoms with Crippen LogP contribution < -0.4 is 10.6 Å². The van der Waals surface area contributed by atoms with Gasteiger partial charge in [0.25, 0.3) is 0 Å². The second-order valence-electron chi connectivity index (χ2n) is 6.71. The molecule has 1 aliphatic rings. The zero-order valence-electron chi connectivity index (χ0n) is 15.9. The Kier molecular flexibility index (Phi) is 8.01. The minimum atomic E-state index is -3.55. The van der Waals surface area contributed by atoms with Crippen LogP contribution in [0.1, 0.15) is 24.2 Å². The lowest BCUT2D eigenvalue weighted by atomic mass is 9.96. The van der Waals surface area contributed by atoms with Gasteiger partial charge >= 0.3 is 0 Å². The number of aromatic nitrogens is 3. The van der Waals surface area contributed by atoms with Crippen LogP contribution in [-0.2, 0) is 14.6 Å². The lowest BCUT2D eigenvalue weighted by molar-refractivity contribution is -0.119. The van der Waals surface area contributed by atoms with Crippen molar-refractivity contribution in [2.24, 2.45) is 0 Å². The zero-order chi connectivity index (χ0) is 18.9. The maximum absolute atomic E-state index is 12.8. The van der Waals surface area contributed by atoms with Gasteiger partial charge in [0.2, 0.25) is 5.91 Å². The number of piperidine rings is 1. The highest BCUT2D eigenvalue weighted by Gasteiger charge is 2.48. The summed E-state index contributed by atoms with van der Waals surface area (Å²) in [7, 11) is -3.55. The maximum atomic E-state index is 12.8. The molecule has 3 rings (SSSR count). The molecule has 11 heteroatoms. The largest absolute Gasteiger partial charge is 0.323 e. The molecule has 0 radical (unpaired) electrons. The Labute approximate surface area is 177 Å². The van der Waals surface area contributed by atoms with Crippen LogP contribution >= 0.6 is 24.8 Å². The average Bonchev–Trinajstić information content (AvgIpc) is 2.93. The summed E-state index contributed by atoms with van der Waals surface area (Å²) in [5, 5.41) is 10.2. The van der Waals surface area contributed by atoms with Gasteiger partial charge in [0.1, 0.15) is 0 Å². The molecule has 0 spiro atoms. The van der Waals surface area contributed by atoms with Crippen LogP contribution in [0.25, 0.3) is 5.82 Å². The third-order valence-corrected chi connectivity index (χ3v) is 6.78.